The fourth-order valence-corrected chi connectivity index (χ4v) is 3.48. The molecule has 1 aliphatic rings. The molecule has 1 N–H and O–H groups in total. The molecule has 3 aromatic carbocycles. The molecule has 0 saturated heterocycles. The van der Waals surface area contributed by atoms with Gasteiger partial charge in [-0.15, -0.1) is 0 Å². The van der Waals surface area contributed by atoms with Crippen molar-refractivity contribution in [2.45, 2.75) is 6.92 Å². The maximum Gasteiger partial charge on any atom is 0.266 e. The predicted molar refractivity (Wildman–Crippen MR) is 120 cm³/mol. The molecule has 3 aromatic rings. The molecule has 7 heteroatoms. The third-order valence-electron chi connectivity index (χ3n) is 4.98. The van der Waals surface area contributed by atoms with Gasteiger partial charge in [0.2, 0.25) is 0 Å². The second kappa shape index (κ2) is 9.45. The number of carbonyl (C=O) groups is 3. The lowest BCUT2D eigenvalue weighted by Gasteiger charge is -2.16. The summed E-state index contributed by atoms with van der Waals surface area (Å²) in [5.74, 6) is -0.693. The molecule has 1 aliphatic heterocycles. The van der Waals surface area contributed by atoms with Crippen LogP contribution in [0.2, 0.25) is 0 Å². The van der Waals surface area contributed by atoms with E-state index >= 15 is 0 Å². The first-order valence-electron chi connectivity index (χ1n) is 10.3. The van der Waals surface area contributed by atoms with Crippen LogP contribution < -0.4 is 15.0 Å². The first kappa shape index (κ1) is 21.3. The molecule has 0 spiro atoms. The highest BCUT2D eigenvalue weighted by Gasteiger charge is 2.36. The van der Waals surface area contributed by atoms with Crippen molar-refractivity contribution in [3.05, 3.63) is 89.5 Å². The third-order valence-corrected chi connectivity index (χ3v) is 4.98. The van der Waals surface area contributed by atoms with Crippen molar-refractivity contribution in [3.8, 4) is 5.75 Å². The molecule has 32 heavy (non-hydrogen) atoms. The molecule has 0 unspecified atom stereocenters. The van der Waals surface area contributed by atoms with E-state index in [-0.39, 0.29) is 17.7 Å². The summed E-state index contributed by atoms with van der Waals surface area (Å²) in [5, 5.41) is 2.82. The van der Waals surface area contributed by atoms with Gasteiger partial charge in [-0.25, -0.2) is 4.90 Å². The van der Waals surface area contributed by atoms with Crippen molar-refractivity contribution in [1.29, 1.82) is 0 Å². The fourth-order valence-electron chi connectivity index (χ4n) is 3.48. The maximum absolute atomic E-state index is 12.9. The van der Waals surface area contributed by atoms with Crippen LogP contribution in [0, 0.1) is 0 Å². The number of hydrogen-bond acceptors (Lipinski definition) is 5. The van der Waals surface area contributed by atoms with E-state index in [4.69, 9.17) is 9.47 Å². The van der Waals surface area contributed by atoms with Gasteiger partial charge in [0.15, 0.2) is 0 Å². The molecule has 162 valence electrons. The molecule has 0 atom stereocenters. The smallest absolute Gasteiger partial charge is 0.266 e. The number of hydrogen-bond donors (Lipinski definition) is 1. The van der Waals surface area contributed by atoms with Crippen LogP contribution in [0.4, 0.5) is 11.4 Å². The number of anilines is 2. The van der Waals surface area contributed by atoms with Crippen LogP contribution in [-0.4, -0.2) is 37.5 Å². The molecule has 0 bridgehead atoms. The number of nitrogens with zero attached hydrogens (tertiary/aromatic N) is 1. The molecular formula is C25H22N2O5. The predicted octanol–water partition coefficient (Wildman–Crippen LogP) is 4.15. The average molecular weight is 430 g/mol. The zero-order chi connectivity index (χ0) is 22.5. The first-order valence-corrected chi connectivity index (χ1v) is 10.3. The van der Waals surface area contributed by atoms with Gasteiger partial charge in [0, 0.05) is 12.3 Å². The standard InChI is InChI=1S/C25H22N2O5/c1-2-31-14-15-32-22-13-6-5-12-21(22)23(28)26-17-8-7-9-18(16-17)27-24(29)19-10-3-4-11-20(19)25(27)30/h3-13,16H,2,14-15H2,1H3,(H,26,28). The normalized spacial score (nSPS) is 12.6. The van der Waals surface area contributed by atoms with Crippen LogP contribution in [0.3, 0.4) is 0 Å². The molecule has 7 nitrogen and oxygen atoms in total. The SMILES string of the molecule is CCOCCOc1ccccc1C(=O)Nc1cccc(N2C(=O)c3ccccc3C2=O)c1. The Morgan fingerprint density at radius 3 is 2.28 bits per heavy atom. The summed E-state index contributed by atoms with van der Waals surface area (Å²) in [7, 11) is 0. The Morgan fingerprint density at radius 1 is 0.875 bits per heavy atom. The Balaban J connectivity index is 1.52. The quantitative estimate of drug-likeness (QED) is 0.429. The number of ether oxygens (including phenoxy) is 2. The summed E-state index contributed by atoms with van der Waals surface area (Å²) in [4.78, 5) is 39.5. The number of nitrogens with one attached hydrogen (secondary N) is 1. The lowest BCUT2D eigenvalue weighted by Crippen LogP contribution is -2.29. The minimum atomic E-state index is -0.387. The van der Waals surface area contributed by atoms with Crippen molar-refractivity contribution in [3.63, 3.8) is 0 Å². The van der Waals surface area contributed by atoms with Crippen molar-refractivity contribution in [1.82, 2.24) is 0 Å². The lowest BCUT2D eigenvalue weighted by atomic mass is 10.1. The van der Waals surface area contributed by atoms with Crippen LogP contribution in [0.1, 0.15) is 38.0 Å². The minimum absolute atomic E-state index is 0.327. The highest BCUT2D eigenvalue weighted by molar-refractivity contribution is 6.34. The van der Waals surface area contributed by atoms with E-state index in [2.05, 4.69) is 5.32 Å². The summed E-state index contributed by atoms with van der Waals surface area (Å²) in [6.45, 7) is 3.24. The van der Waals surface area contributed by atoms with E-state index in [9.17, 15) is 14.4 Å². The fraction of sp³-hybridized carbons (Fsp3) is 0.160. The molecule has 1 heterocycles. The van der Waals surface area contributed by atoms with Gasteiger partial charge in [-0.05, 0) is 49.4 Å². The number of fused-ring (bicyclic) bond motifs is 1. The van der Waals surface area contributed by atoms with Crippen molar-refractivity contribution < 1.29 is 23.9 Å². The average Bonchev–Trinajstić information content (AvgIpc) is 3.07. The van der Waals surface area contributed by atoms with Gasteiger partial charge in [0.05, 0.1) is 29.0 Å². The van der Waals surface area contributed by atoms with Crippen molar-refractivity contribution in [2.75, 3.05) is 30.0 Å². The minimum Gasteiger partial charge on any atom is -0.490 e. The van der Waals surface area contributed by atoms with Crippen molar-refractivity contribution in [2.24, 2.45) is 0 Å². The summed E-state index contributed by atoms with van der Waals surface area (Å²) in [6.07, 6.45) is 0. The zero-order valence-corrected chi connectivity index (χ0v) is 17.5. The Morgan fingerprint density at radius 2 is 1.56 bits per heavy atom. The van der Waals surface area contributed by atoms with Gasteiger partial charge >= 0.3 is 0 Å². The second-order valence-electron chi connectivity index (χ2n) is 7.04. The molecule has 3 amide bonds. The highest BCUT2D eigenvalue weighted by atomic mass is 16.5. The Bertz CT molecular complexity index is 1140. The van der Waals surface area contributed by atoms with E-state index < -0.39 is 0 Å². The number of para-hydroxylation sites is 1. The molecule has 0 fully saturated rings. The molecule has 0 aromatic heterocycles. The monoisotopic (exact) mass is 430 g/mol. The maximum atomic E-state index is 12.9. The van der Waals surface area contributed by atoms with Crippen LogP contribution in [0.15, 0.2) is 72.8 Å². The Labute approximate surface area is 185 Å². The molecular weight excluding hydrogens is 408 g/mol. The lowest BCUT2D eigenvalue weighted by molar-refractivity contribution is 0.0925. The van der Waals surface area contributed by atoms with E-state index in [1.54, 1.807) is 72.8 Å². The van der Waals surface area contributed by atoms with Crippen LogP contribution >= 0.6 is 0 Å². The summed E-state index contributed by atoms with van der Waals surface area (Å²) in [6, 6.07) is 20.2. The Hall–Kier alpha value is -3.97. The molecule has 0 saturated carbocycles. The number of carbonyl (C=O) groups excluding carboxylic acids is 3. The third kappa shape index (κ3) is 4.24. The number of benzene rings is 3. The first-order chi connectivity index (χ1) is 15.6. The van der Waals surface area contributed by atoms with Gasteiger partial charge in [-0.3, -0.25) is 14.4 Å². The van der Waals surface area contributed by atoms with Crippen LogP contribution in [0.25, 0.3) is 0 Å². The number of amides is 3. The topological polar surface area (TPSA) is 84.9 Å². The summed E-state index contributed by atoms with van der Waals surface area (Å²) < 4.78 is 11.0. The zero-order valence-electron chi connectivity index (χ0n) is 17.5. The largest absolute Gasteiger partial charge is 0.490 e. The Kier molecular flexibility index (Phi) is 6.28. The highest BCUT2D eigenvalue weighted by Crippen LogP contribution is 2.30. The van der Waals surface area contributed by atoms with Crippen LogP contribution in [0.5, 0.6) is 5.75 Å². The van der Waals surface area contributed by atoms with E-state index in [1.165, 1.54) is 0 Å². The molecule has 0 radical (unpaired) electrons. The van der Waals surface area contributed by atoms with Gasteiger partial charge in [0.1, 0.15) is 12.4 Å². The van der Waals surface area contributed by atoms with Crippen molar-refractivity contribution >= 4 is 29.1 Å². The van der Waals surface area contributed by atoms with E-state index in [0.29, 0.717) is 53.6 Å². The van der Waals surface area contributed by atoms with Gasteiger partial charge in [-0.1, -0.05) is 30.3 Å². The van der Waals surface area contributed by atoms with Crippen LogP contribution in [-0.2, 0) is 4.74 Å². The summed E-state index contributed by atoms with van der Waals surface area (Å²) in [5.41, 5.74) is 1.94. The summed E-state index contributed by atoms with van der Waals surface area (Å²) >= 11 is 0. The van der Waals surface area contributed by atoms with Gasteiger partial charge in [-0.2, -0.15) is 0 Å². The number of rotatable bonds is 8. The van der Waals surface area contributed by atoms with E-state index in [1.807, 2.05) is 6.92 Å². The van der Waals surface area contributed by atoms with E-state index in [0.717, 1.165) is 4.90 Å². The second-order valence-corrected chi connectivity index (χ2v) is 7.04. The molecule has 0 aliphatic carbocycles. The number of imide groups is 1. The van der Waals surface area contributed by atoms with Gasteiger partial charge < -0.3 is 14.8 Å². The molecule has 4 rings (SSSR count). The van der Waals surface area contributed by atoms with Gasteiger partial charge in [0.25, 0.3) is 17.7 Å².